The van der Waals surface area contributed by atoms with Gasteiger partial charge in [0, 0.05) is 5.39 Å². The number of benzene rings is 2. The maximum Gasteiger partial charge on any atom is 0.221 e. The molecule has 1 amide bonds. The van der Waals surface area contributed by atoms with Crippen molar-refractivity contribution in [1.29, 1.82) is 0 Å². The maximum absolute atomic E-state index is 10.9. The molecule has 0 radical (unpaired) electrons. The number of nitrogens with zero attached hydrogens (tertiary/aromatic N) is 1. The molecule has 3 rings (SSSR count). The third kappa shape index (κ3) is 3.41. The first-order chi connectivity index (χ1) is 10.7. The second-order valence-electron chi connectivity index (χ2n) is 5.07. The van der Waals surface area contributed by atoms with Gasteiger partial charge in [0.25, 0.3) is 0 Å². The fourth-order valence-electron chi connectivity index (χ4n) is 2.25. The molecule has 0 aliphatic carbocycles. The molecule has 3 aromatic rings. The van der Waals surface area contributed by atoms with Crippen LogP contribution in [0, 0.1) is 0 Å². The number of carbonyl (C=O) groups excluding carboxylic acids is 1. The maximum atomic E-state index is 10.9. The molecule has 2 aromatic carbocycles. The zero-order chi connectivity index (χ0) is 15.4. The number of hydrogen-bond acceptors (Lipinski definition) is 3. The Morgan fingerprint density at radius 1 is 1.00 bits per heavy atom. The van der Waals surface area contributed by atoms with E-state index in [1.54, 1.807) is 0 Å². The number of primary amides is 1. The molecule has 0 saturated carbocycles. The first-order valence-electron chi connectivity index (χ1n) is 7.05. The fourth-order valence-corrected chi connectivity index (χ4v) is 2.25. The molecular formula is C18H16N2O2. The molecule has 22 heavy (non-hydrogen) atoms. The molecule has 0 unspecified atom stereocenters. The zero-order valence-electron chi connectivity index (χ0n) is 12.0. The number of carbonyl (C=O) groups is 1. The molecule has 0 aliphatic rings. The lowest BCUT2D eigenvalue weighted by Crippen LogP contribution is -2.13. The van der Waals surface area contributed by atoms with Gasteiger partial charge in [0.05, 0.1) is 17.6 Å². The number of fused-ring (bicyclic) bond motifs is 1. The lowest BCUT2D eigenvalue weighted by atomic mass is 10.1. The summed E-state index contributed by atoms with van der Waals surface area (Å²) in [6.45, 7) is 0.403. The first kappa shape index (κ1) is 14.1. The van der Waals surface area contributed by atoms with Crippen molar-refractivity contribution in [1.82, 2.24) is 4.98 Å². The number of para-hydroxylation sites is 1. The molecule has 1 aromatic heterocycles. The van der Waals surface area contributed by atoms with Crippen LogP contribution in [0.5, 0.6) is 5.75 Å². The highest BCUT2D eigenvalue weighted by atomic mass is 16.5. The van der Waals surface area contributed by atoms with Crippen LogP contribution >= 0.6 is 0 Å². The van der Waals surface area contributed by atoms with Gasteiger partial charge in [-0.05, 0) is 29.8 Å². The summed E-state index contributed by atoms with van der Waals surface area (Å²) in [5.74, 6) is 0.400. The number of nitrogens with two attached hydrogens (primary N) is 1. The van der Waals surface area contributed by atoms with E-state index in [9.17, 15) is 4.79 Å². The largest absolute Gasteiger partial charge is 0.487 e. The van der Waals surface area contributed by atoms with E-state index >= 15 is 0 Å². The molecule has 4 nitrogen and oxygen atoms in total. The summed E-state index contributed by atoms with van der Waals surface area (Å²) in [5, 5.41) is 1.11. The highest BCUT2D eigenvalue weighted by molar-refractivity contribution is 5.78. The number of hydrogen-bond donors (Lipinski definition) is 1. The van der Waals surface area contributed by atoms with Gasteiger partial charge in [0.1, 0.15) is 12.4 Å². The SMILES string of the molecule is NC(=O)Cc1ccc(OCc2ccc3ccccc3n2)cc1. The Labute approximate surface area is 128 Å². The summed E-state index contributed by atoms with van der Waals surface area (Å²) >= 11 is 0. The standard InChI is InChI=1S/C18H16N2O2/c19-18(21)11-13-5-9-16(10-6-13)22-12-15-8-7-14-3-1-2-4-17(14)20-15/h1-10H,11-12H2,(H2,19,21). The molecule has 0 aliphatic heterocycles. The minimum absolute atomic E-state index is 0.243. The molecule has 0 bridgehead atoms. The Morgan fingerprint density at radius 2 is 1.77 bits per heavy atom. The van der Waals surface area contributed by atoms with E-state index in [0.29, 0.717) is 6.61 Å². The summed E-state index contributed by atoms with van der Waals surface area (Å²) in [4.78, 5) is 15.4. The fraction of sp³-hybridized carbons (Fsp3) is 0.111. The summed E-state index contributed by atoms with van der Waals surface area (Å²) in [5.41, 5.74) is 7.88. The van der Waals surface area contributed by atoms with Crippen molar-refractivity contribution >= 4 is 16.8 Å². The molecular weight excluding hydrogens is 276 g/mol. The summed E-state index contributed by atoms with van der Waals surface area (Å²) < 4.78 is 5.72. The number of rotatable bonds is 5. The lowest BCUT2D eigenvalue weighted by Gasteiger charge is -2.07. The van der Waals surface area contributed by atoms with E-state index in [2.05, 4.69) is 4.98 Å². The minimum atomic E-state index is -0.339. The van der Waals surface area contributed by atoms with Crippen molar-refractivity contribution in [3.05, 3.63) is 71.9 Å². The Bertz CT molecular complexity index is 798. The predicted octanol–water partition coefficient (Wildman–Crippen LogP) is 2.84. The third-order valence-corrected chi connectivity index (χ3v) is 3.34. The smallest absolute Gasteiger partial charge is 0.221 e. The molecule has 0 fully saturated rings. The van der Waals surface area contributed by atoms with Gasteiger partial charge in [-0.25, -0.2) is 4.98 Å². The van der Waals surface area contributed by atoms with Crippen LogP contribution in [0.3, 0.4) is 0 Å². The Hall–Kier alpha value is -2.88. The Balaban J connectivity index is 1.67. The third-order valence-electron chi connectivity index (χ3n) is 3.34. The van der Waals surface area contributed by atoms with Gasteiger partial charge in [-0.15, -0.1) is 0 Å². The highest BCUT2D eigenvalue weighted by Gasteiger charge is 2.01. The second kappa shape index (κ2) is 6.26. The first-order valence-corrected chi connectivity index (χ1v) is 7.05. The topological polar surface area (TPSA) is 65.2 Å². The summed E-state index contributed by atoms with van der Waals surface area (Å²) in [6, 6.07) is 19.3. The average Bonchev–Trinajstić information content (AvgIpc) is 2.53. The number of amides is 1. The normalized spacial score (nSPS) is 10.5. The van der Waals surface area contributed by atoms with Gasteiger partial charge < -0.3 is 10.5 Å². The Kier molecular flexibility index (Phi) is 4.01. The number of pyridine rings is 1. The van der Waals surface area contributed by atoms with Crippen LogP contribution in [0.2, 0.25) is 0 Å². The molecule has 1 heterocycles. The van der Waals surface area contributed by atoms with Crippen molar-refractivity contribution < 1.29 is 9.53 Å². The van der Waals surface area contributed by atoms with Gasteiger partial charge in [-0.2, -0.15) is 0 Å². The molecule has 0 saturated heterocycles. The van der Waals surface area contributed by atoms with Crippen LogP contribution in [0.4, 0.5) is 0 Å². The summed E-state index contributed by atoms with van der Waals surface area (Å²) in [6.07, 6.45) is 0.243. The molecule has 4 heteroatoms. The van der Waals surface area contributed by atoms with Gasteiger partial charge in [0.2, 0.25) is 5.91 Å². The quantitative estimate of drug-likeness (QED) is 0.786. The number of ether oxygens (including phenoxy) is 1. The van der Waals surface area contributed by atoms with Crippen LogP contribution in [-0.2, 0) is 17.8 Å². The second-order valence-corrected chi connectivity index (χ2v) is 5.07. The average molecular weight is 292 g/mol. The monoisotopic (exact) mass is 292 g/mol. The lowest BCUT2D eigenvalue weighted by molar-refractivity contribution is -0.117. The van der Waals surface area contributed by atoms with Crippen LogP contribution < -0.4 is 10.5 Å². The summed E-state index contributed by atoms with van der Waals surface area (Å²) in [7, 11) is 0. The molecule has 2 N–H and O–H groups in total. The minimum Gasteiger partial charge on any atom is -0.487 e. The van der Waals surface area contributed by atoms with E-state index in [-0.39, 0.29) is 12.3 Å². The van der Waals surface area contributed by atoms with Crippen molar-refractivity contribution in [2.24, 2.45) is 5.73 Å². The predicted molar refractivity (Wildman–Crippen MR) is 85.4 cm³/mol. The molecule has 0 spiro atoms. The van der Waals surface area contributed by atoms with E-state index in [0.717, 1.165) is 27.9 Å². The molecule has 0 atom stereocenters. The zero-order valence-corrected chi connectivity index (χ0v) is 12.0. The van der Waals surface area contributed by atoms with Gasteiger partial charge >= 0.3 is 0 Å². The van der Waals surface area contributed by atoms with E-state index in [1.807, 2.05) is 60.7 Å². The van der Waals surface area contributed by atoms with Crippen LogP contribution in [0.15, 0.2) is 60.7 Å². The van der Waals surface area contributed by atoms with Gasteiger partial charge in [-0.1, -0.05) is 36.4 Å². The van der Waals surface area contributed by atoms with Crippen LogP contribution in [0.1, 0.15) is 11.3 Å². The van der Waals surface area contributed by atoms with Gasteiger partial charge in [-0.3, -0.25) is 4.79 Å². The van der Waals surface area contributed by atoms with Crippen molar-refractivity contribution in [3.8, 4) is 5.75 Å². The van der Waals surface area contributed by atoms with Gasteiger partial charge in [0.15, 0.2) is 0 Å². The van der Waals surface area contributed by atoms with Crippen molar-refractivity contribution in [3.63, 3.8) is 0 Å². The van der Waals surface area contributed by atoms with Crippen molar-refractivity contribution in [2.45, 2.75) is 13.0 Å². The van der Waals surface area contributed by atoms with E-state index in [4.69, 9.17) is 10.5 Å². The van der Waals surface area contributed by atoms with Crippen molar-refractivity contribution in [2.75, 3.05) is 0 Å². The van der Waals surface area contributed by atoms with Crippen LogP contribution in [0.25, 0.3) is 10.9 Å². The molecule has 110 valence electrons. The number of aromatic nitrogens is 1. The Morgan fingerprint density at radius 3 is 2.55 bits per heavy atom. The van der Waals surface area contributed by atoms with Crippen LogP contribution in [-0.4, -0.2) is 10.9 Å². The van der Waals surface area contributed by atoms with E-state index < -0.39 is 0 Å². The highest BCUT2D eigenvalue weighted by Crippen LogP contribution is 2.16. The van der Waals surface area contributed by atoms with E-state index in [1.165, 1.54) is 0 Å².